The maximum Gasteiger partial charge on any atom is 0.124 e. The molecule has 1 aromatic heterocycles. The zero-order valence-electron chi connectivity index (χ0n) is 10.3. The van der Waals surface area contributed by atoms with Crippen molar-refractivity contribution in [2.24, 2.45) is 0 Å². The lowest BCUT2D eigenvalue weighted by Crippen LogP contribution is -1.79. The molecule has 2 nitrogen and oxygen atoms in total. The predicted octanol–water partition coefficient (Wildman–Crippen LogP) is 4.29. The SMILES string of the molecule is Cc1ccc2nc(-c3ccc(O)c(C)c3)sc2c1. The molecule has 0 bridgehead atoms. The average molecular weight is 255 g/mol. The van der Waals surface area contributed by atoms with E-state index in [4.69, 9.17) is 0 Å². The van der Waals surface area contributed by atoms with Crippen LogP contribution in [0.25, 0.3) is 20.8 Å². The van der Waals surface area contributed by atoms with E-state index in [0.717, 1.165) is 21.7 Å². The van der Waals surface area contributed by atoms with Crippen LogP contribution in [-0.4, -0.2) is 10.1 Å². The van der Waals surface area contributed by atoms with Gasteiger partial charge in [-0.1, -0.05) is 6.07 Å². The third-order valence-corrected chi connectivity index (χ3v) is 4.05. The largest absolute Gasteiger partial charge is 0.508 e. The maximum absolute atomic E-state index is 9.55. The normalized spacial score (nSPS) is 11.0. The fourth-order valence-corrected chi connectivity index (χ4v) is 3.00. The standard InChI is InChI=1S/C15H13NOS/c1-9-3-5-12-14(7-9)18-15(16-12)11-4-6-13(17)10(2)8-11/h3-8,17H,1-2H3. The minimum atomic E-state index is 0.329. The van der Waals surface area contributed by atoms with Crippen LogP contribution in [0.15, 0.2) is 36.4 Å². The molecule has 0 atom stereocenters. The summed E-state index contributed by atoms with van der Waals surface area (Å²) in [6.45, 7) is 3.99. The molecular weight excluding hydrogens is 242 g/mol. The Morgan fingerprint density at radius 1 is 1.06 bits per heavy atom. The summed E-state index contributed by atoms with van der Waals surface area (Å²) in [7, 11) is 0. The Morgan fingerprint density at radius 3 is 2.67 bits per heavy atom. The fourth-order valence-electron chi connectivity index (χ4n) is 1.94. The lowest BCUT2D eigenvalue weighted by molar-refractivity contribution is 0.471. The van der Waals surface area contributed by atoms with E-state index in [1.165, 1.54) is 10.3 Å². The van der Waals surface area contributed by atoms with Crippen LogP contribution < -0.4 is 0 Å². The van der Waals surface area contributed by atoms with Crippen LogP contribution in [0.1, 0.15) is 11.1 Å². The second-order valence-electron chi connectivity index (χ2n) is 4.49. The first-order chi connectivity index (χ1) is 8.63. The van der Waals surface area contributed by atoms with Gasteiger partial charge in [0.25, 0.3) is 0 Å². The van der Waals surface area contributed by atoms with Crippen LogP contribution in [0, 0.1) is 13.8 Å². The molecule has 0 unspecified atom stereocenters. The molecule has 0 spiro atoms. The van der Waals surface area contributed by atoms with Gasteiger partial charge in [-0.05, 0) is 55.3 Å². The number of benzene rings is 2. The van der Waals surface area contributed by atoms with E-state index in [-0.39, 0.29) is 0 Å². The van der Waals surface area contributed by atoms with E-state index in [9.17, 15) is 5.11 Å². The summed E-state index contributed by atoms with van der Waals surface area (Å²) in [5.41, 5.74) is 4.22. The molecule has 0 aliphatic heterocycles. The van der Waals surface area contributed by atoms with Crippen molar-refractivity contribution in [3.8, 4) is 16.3 Å². The number of thiazole rings is 1. The third kappa shape index (κ3) is 1.87. The Kier molecular flexibility index (Phi) is 2.56. The molecule has 1 N–H and O–H groups in total. The molecule has 0 aliphatic rings. The van der Waals surface area contributed by atoms with Crippen molar-refractivity contribution >= 4 is 21.6 Å². The lowest BCUT2D eigenvalue weighted by Gasteiger charge is -2.00. The van der Waals surface area contributed by atoms with Crippen LogP contribution in [0.5, 0.6) is 5.75 Å². The van der Waals surface area contributed by atoms with Crippen molar-refractivity contribution in [3.05, 3.63) is 47.5 Å². The molecule has 3 heteroatoms. The molecule has 90 valence electrons. The highest BCUT2D eigenvalue weighted by Gasteiger charge is 2.07. The van der Waals surface area contributed by atoms with E-state index in [1.54, 1.807) is 17.4 Å². The van der Waals surface area contributed by atoms with Gasteiger partial charge in [-0.25, -0.2) is 4.98 Å². The zero-order valence-corrected chi connectivity index (χ0v) is 11.1. The number of rotatable bonds is 1. The molecule has 18 heavy (non-hydrogen) atoms. The number of hydrogen-bond donors (Lipinski definition) is 1. The second-order valence-corrected chi connectivity index (χ2v) is 5.52. The molecule has 0 amide bonds. The van der Waals surface area contributed by atoms with Gasteiger partial charge in [0.1, 0.15) is 10.8 Å². The first kappa shape index (κ1) is 11.2. The molecule has 0 aliphatic carbocycles. The molecule has 0 saturated carbocycles. The first-order valence-electron chi connectivity index (χ1n) is 5.81. The van der Waals surface area contributed by atoms with Gasteiger partial charge in [0.05, 0.1) is 10.2 Å². The second kappa shape index (κ2) is 4.10. The van der Waals surface area contributed by atoms with Gasteiger partial charge in [0, 0.05) is 5.56 Å². The number of phenolic OH excluding ortho intramolecular Hbond substituents is 1. The van der Waals surface area contributed by atoms with Crippen LogP contribution in [0.4, 0.5) is 0 Å². The number of nitrogens with zero attached hydrogens (tertiary/aromatic N) is 1. The minimum absolute atomic E-state index is 0.329. The summed E-state index contributed by atoms with van der Waals surface area (Å²) >= 11 is 1.69. The summed E-state index contributed by atoms with van der Waals surface area (Å²) < 4.78 is 1.20. The number of aryl methyl sites for hydroxylation is 2. The lowest BCUT2D eigenvalue weighted by atomic mass is 10.1. The molecule has 1 heterocycles. The molecular formula is C15H13NOS. The van der Waals surface area contributed by atoms with E-state index >= 15 is 0 Å². The highest BCUT2D eigenvalue weighted by atomic mass is 32.1. The first-order valence-corrected chi connectivity index (χ1v) is 6.62. The quantitative estimate of drug-likeness (QED) is 0.703. The Labute approximate surface area is 110 Å². The monoisotopic (exact) mass is 255 g/mol. The van der Waals surface area contributed by atoms with Gasteiger partial charge >= 0.3 is 0 Å². The minimum Gasteiger partial charge on any atom is -0.508 e. The Hall–Kier alpha value is -1.87. The molecule has 0 radical (unpaired) electrons. The van der Waals surface area contributed by atoms with E-state index in [1.807, 2.05) is 19.1 Å². The van der Waals surface area contributed by atoms with Gasteiger partial charge in [-0.15, -0.1) is 11.3 Å². The van der Waals surface area contributed by atoms with E-state index in [0.29, 0.717) is 5.75 Å². The summed E-state index contributed by atoms with van der Waals surface area (Å²) in [5.74, 6) is 0.329. The summed E-state index contributed by atoms with van der Waals surface area (Å²) in [4.78, 5) is 4.63. The molecule has 3 rings (SSSR count). The van der Waals surface area contributed by atoms with Gasteiger partial charge in [-0.2, -0.15) is 0 Å². The van der Waals surface area contributed by atoms with Gasteiger partial charge in [0.15, 0.2) is 0 Å². The van der Waals surface area contributed by atoms with E-state index in [2.05, 4.69) is 30.1 Å². The summed E-state index contributed by atoms with van der Waals surface area (Å²) in [6, 6.07) is 11.9. The highest BCUT2D eigenvalue weighted by Crippen LogP contribution is 2.32. The van der Waals surface area contributed by atoms with Crippen molar-refractivity contribution in [1.29, 1.82) is 0 Å². The van der Waals surface area contributed by atoms with Crippen molar-refractivity contribution in [2.75, 3.05) is 0 Å². The Bertz CT molecular complexity index is 730. The summed E-state index contributed by atoms with van der Waals surface area (Å²) in [6.07, 6.45) is 0. The predicted molar refractivity (Wildman–Crippen MR) is 76.2 cm³/mol. The van der Waals surface area contributed by atoms with Crippen molar-refractivity contribution in [1.82, 2.24) is 4.98 Å². The topological polar surface area (TPSA) is 33.1 Å². The van der Waals surface area contributed by atoms with Gasteiger partial charge in [0.2, 0.25) is 0 Å². The molecule has 0 fully saturated rings. The Balaban J connectivity index is 2.16. The zero-order chi connectivity index (χ0) is 12.7. The fraction of sp³-hybridized carbons (Fsp3) is 0.133. The summed E-state index contributed by atoms with van der Waals surface area (Å²) in [5, 5.41) is 10.5. The van der Waals surface area contributed by atoms with Crippen molar-refractivity contribution in [3.63, 3.8) is 0 Å². The van der Waals surface area contributed by atoms with Crippen LogP contribution in [0.2, 0.25) is 0 Å². The number of fused-ring (bicyclic) bond motifs is 1. The van der Waals surface area contributed by atoms with Crippen LogP contribution >= 0.6 is 11.3 Å². The smallest absolute Gasteiger partial charge is 0.124 e. The van der Waals surface area contributed by atoms with E-state index < -0.39 is 0 Å². The number of phenols is 1. The third-order valence-electron chi connectivity index (χ3n) is 2.99. The highest BCUT2D eigenvalue weighted by molar-refractivity contribution is 7.21. The number of hydrogen-bond acceptors (Lipinski definition) is 3. The van der Waals surface area contributed by atoms with Crippen LogP contribution in [0.3, 0.4) is 0 Å². The number of aromatic nitrogens is 1. The molecule has 3 aromatic rings. The van der Waals surface area contributed by atoms with Gasteiger partial charge < -0.3 is 5.11 Å². The number of aromatic hydroxyl groups is 1. The van der Waals surface area contributed by atoms with Crippen molar-refractivity contribution in [2.45, 2.75) is 13.8 Å². The van der Waals surface area contributed by atoms with Gasteiger partial charge in [-0.3, -0.25) is 0 Å². The van der Waals surface area contributed by atoms with Crippen LogP contribution in [-0.2, 0) is 0 Å². The Morgan fingerprint density at radius 2 is 1.89 bits per heavy atom. The maximum atomic E-state index is 9.55. The average Bonchev–Trinajstić information content (AvgIpc) is 2.75. The molecule has 0 saturated heterocycles. The van der Waals surface area contributed by atoms with Crippen molar-refractivity contribution < 1.29 is 5.11 Å². The molecule has 2 aromatic carbocycles.